The van der Waals surface area contributed by atoms with Gasteiger partial charge in [-0.15, -0.1) is 11.3 Å². The smallest absolute Gasteiger partial charge is 0.263 e. The number of hydrogen-bond donors (Lipinski definition) is 3. The molecule has 1 aliphatic rings. The molecule has 3 heterocycles. The molecule has 2 aromatic heterocycles. The minimum Gasteiger partial charge on any atom is -0.397 e. The Kier molecular flexibility index (Phi) is 3.27. The zero-order valence-electron chi connectivity index (χ0n) is 10.7. The first-order valence-electron chi connectivity index (χ1n) is 6.35. The van der Waals surface area contributed by atoms with Crippen LogP contribution in [-0.4, -0.2) is 29.4 Å². The number of pyridine rings is 1. The van der Waals surface area contributed by atoms with Crippen molar-refractivity contribution in [1.29, 1.82) is 0 Å². The van der Waals surface area contributed by atoms with Crippen molar-refractivity contribution in [3.63, 3.8) is 0 Å². The van der Waals surface area contributed by atoms with Gasteiger partial charge in [-0.05, 0) is 18.6 Å². The molecule has 0 aromatic carbocycles. The van der Waals surface area contributed by atoms with E-state index < -0.39 is 0 Å². The molecule has 0 saturated carbocycles. The summed E-state index contributed by atoms with van der Waals surface area (Å²) in [6, 6.07) is 3.60. The summed E-state index contributed by atoms with van der Waals surface area (Å²) >= 11 is 1.29. The summed E-state index contributed by atoms with van der Waals surface area (Å²) in [7, 11) is 0. The third kappa shape index (κ3) is 2.32. The molecule has 3 rings (SSSR count). The molecular formula is C13H14N4O2S. The van der Waals surface area contributed by atoms with E-state index in [2.05, 4.69) is 15.6 Å². The zero-order valence-corrected chi connectivity index (χ0v) is 11.5. The average molecular weight is 290 g/mol. The highest BCUT2D eigenvalue weighted by molar-refractivity contribution is 7.21. The van der Waals surface area contributed by atoms with Gasteiger partial charge in [-0.25, -0.2) is 4.98 Å². The largest absolute Gasteiger partial charge is 0.397 e. The Balaban J connectivity index is 1.79. The van der Waals surface area contributed by atoms with Crippen molar-refractivity contribution in [3.8, 4) is 0 Å². The van der Waals surface area contributed by atoms with Crippen LogP contribution in [0.25, 0.3) is 10.2 Å². The number of nitrogens with zero attached hydrogens (tertiary/aromatic N) is 1. The molecule has 0 radical (unpaired) electrons. The second kappa shape index (κ2) is 5.09. The van der Waals surface area contributed by atoms with Crippen molar-refractivity contribution >= 4 is 39.1 Å². The Morgan fingerprint density at radius 3 is 3.10 bits per heavy atom. The maximum atomic E-state index is 12.3. The number of fused-ring (bicyclic) bond motifs is 1. The lowest BCUT2D eigenvalue weighted by molar-refractivity contribution is -0.122. The molecule has 2 amide bonds. The van der Waals surface area contributed by atoms with Gasteiger partial charge in [-0.1, -0.05) is 0 Å². The van der Waals surface area contributed by atoms with Gasteiger partial charge in [-0.3, -0.25) is 9.59 Å². The number of nitrogens with two attached hydrogens (primary N) is 1. The lowest BCUT2D eigenvalue weighted by Gasteiger charge is -2.23. The fraction of sp³-hybridized carbons (Fsp3) is 0.308. The van der Waals surface area contributed by atoms with Crippen LogP contribution >= 0.6 is 11.3 Å². The average Bonchev–Trinajstić information content (AvgIpc) is 2.79. The first-order chi connectivity index (χ1) is 9.65. The van der Waals surface area contributed by atoms with E-state index in [1.807, 2.05) is 6.07 Å². The summed E-state index contributed by atoms with van der Waals surface area (Å²) in [6.07, 6.45) is 2.77. The molecule has 0 bridgehead atoms. The highest BCUT2D eigenvalue weighted by Gasteiger charge is 2.23. The molecular weight excluding hydrogens is 276 g/mol. The van der Waals surface area contributed by atoms with Gasteiger partial charge in [0.15, 0.2) is 0 Å². The predicted octanol–water partition coefficient (Wildman–Crippen LogP) is 0.887. The molecule has 20 heavy (non-hydrogen) atoms. The number of thiophene rings is 1. The van der Waals surface area contributed by atoms with Gasteiger partial charge in [0.05, 0.1) is 5.69 Å². The third-order valence-electron chi connectivity index (χ3n) is 3.31. The molecule has 6 nitrogen and oxygen atoms in total. The van der Waals surface area contributed by atoms with Gasteiger partial charge in [0, 0.05) is 30.6 Å². The minimum absolute atomic E-state index is 0.0288. The number of rotatable bonds is 2. The molecule has 1 aliphatic heterocycles. The fourth-order valence-electron chi connectivity index (χ4n) is 2.23. The molecule has 7 heteroatoms. The van der Waals surface area contributed by atoms with Crippen molar-refractivity contribution in [3.05, 3.63) is 23.2 Å². The van der Waals surface area contributed by atoms with Gasteiger partial charge in [0.1, 0.15) is 9.71 Å². The van der Waals surface area contributed by atoms with E-state index in [0.29, 0.717) is 30.0 Å². The SMILES string of the molecule is Nc1c(C(=O)NC2CCC(=O)NC2)sc2ncccc12. The number of piperidine rings is 1. The number of carbonyl (C=O) groups excluding carboxylic acids is 2. The lowest BCUT2D eigenvalue weighted by atomic mass is 10.1. The molecule has 2 aromatic rings. The van der Waals surface area contributed by atoms with Crippen LogP contribution in [0.4, 0.5) is 5.69 Å². The molecule has 1 saturated heterocycles. The number of amides is 2. The number of carbonyl (C=O) groups is 2. The second-order valence-corrected chi connectivity index (χ2v) is 5.71. The monoisotopic (exact) mass is 290 g/mol. The normalized spacial score (nSPS) is 18.8. The summed E-state index contributed by atoms with van der Waals surface area (Å²) in [5.74, 6) is -0.173. The van der Waals surface area contributed by atoms with Crippen LogP contribution in [0.1, 0.15) is 22.5 Å². The van der Waals surface area contributed by atoms with Crippen LogP contribution < -0.4 is 16.4 Å². The first-order valence-corrected chi connectivity index (χ1v) is 7.17. The van der Waals surface area contributed by atoms with Crippen LogP contribution in [0.5, 0.6) is 0 Å². The van der Waals surface area contributed by atoms with Crippen molar-refractivity contribution in [2.75, 3.05) is 12.3 Å². The molecule has 1 atom stereocenters. The Morgan fingerprint density at radius 1 is 1.55 bits per heavy atom. The topological polar surface area (TPSA) is 97.1 Å². The predicted molar refractivity (Wildman–Crippen MR) is 77.5 cm³/mol. The molecule has 104 valence electrons. The summed E-state index contributed by atoms with van der Waals surface area (Å²) in [5.41, 5.74) is 6.47. The van der Waals surface area contributed by atoms with Gasteiger partial charge in [0.25, 0.3) is 5.91 Å². The van der Waals surface area contributed by atoms with E-state index in [4.69, 9.17) is 5.73 Å². The van der Waals surface area contributed by atoms with E-state index in [1.165, 1.54) is 11.3 Å². The van der Waals surface area contributed by atoms with Crippen molar-refractivity contribution in [2.24, 2.45) is 0 Å². The summed E-state index contributed by atoms with van der Waals surface area (Å²) < 4.78 is 0. The molecule has 0 spiro atoms. The Labute approximate surface area is 119 Å². The summed E-state index contributed by atoms with van der Waals surface area (Å²) in [6.45, 7) is 0.466. The maximum Gasteiger partial charge on any atom is 0.263 e. The first kappa shape index (κ1) is 12.9. The quantitative estimate of drug-likeness (QED) is 0.765. The third-order valence-corrected chi connectivity index (χ3v) is 4.44. The number of nitrogen functional groups attached to an aromatic ring is 1. The van der Waals surface area contributed by atoms with E-state index in [1.54, 1.807) is 12.3 Å². The fourth-order valence-corrected chi connectivity index (χ4v) is 3.19. The van der Waals surface area contributed by atoms with Crippen molar-refractivity contribution in [2.45, 2.75) is 18.9 Å². The van der Waals surface area contributed by atoms with Gasteiger partial charge in [0.2, 0.25) is 5.91 Å². The van der Waals surface area contributed by atoms with Gasteiger partial charge >= 0.3 is 0 Å². The standard InChI is InChI=1S/C13H14N4O2S/c14-10-8-2-1-5-15-13(8)20-11(10)12(19)17-7-3-4-9(18)16-6-7/h1-2,5,7H,3-4,6,14H2,(H,16,18)(H,17,19). The minimum atomic E-state index is -0.202. The number of hydrogen-bond acceptors (Lipinski definition) is 5. The van der Waals surface area contributed by atoms with Crippen LogP contribution in [0.3, 0.4) is 0 Å². The van der Waals surface area contributed by atoms with E-state index in [9.17, 15) is 9.59 Å². The Morgan fingerprint density at radius 2 is 2.40 bits per heavy atom. The summed E-state index contributed by atoms with van der Waals surface area (Å²) in [4.78, 5) is 28.8. The van der Waals surface area contributed by atoms with Gasteiger partial charge in [-0.2, -0.15) is 0 Å². The number of aromatic nitrogens is 1. The highest BCUT2D eigenvalue weighted by atomic mass is 32.1. The van der Waals surface area contributed by atoms with Crippen LogP contribution in [0, 0.1) is 0 Å². The molecule has 1 fully saturated rings. The molecule has 0 aliphatic carbocycles. The van der Waals surface area contributed by atoms with Crippen molar-refractivity contribution < 1.29 is 9.59 Å². The highest BCUT2D eigenvalue weighted by Crippen LogP contribution is 2.31. The number of anilines is 1. The maximum absolute atomic E-state index is 12.3. The van der Waals surface area contributed by atoms with E-state index in [-0.39, 0.29) is 17.9 Å². The Bertz CT molecular complexity index is 672. The second-order valence-electron chi connectivity index (χ2n) is 4.71. The van der Waals surface area contributed by atoms with Crippen LogP contribution in [0.15, 0.2) is 18.3 Å². The van der Waals surface area contributed by atoms with E-state index in [0.717, 1.165) is 10.2 Å². The molecule has 1 unspecified atom stereocenters. The summed E-state index contributed by atoms with van der Waals surface area (Å²) in [5, 5.41) is 6.45. The van der Waals surface area contributed by atoms with Crippen LogP contribution in [-0.2, 0) is 4.79 Å². The molecule has 4 N–H and O–H groups in total. The zero-order chi connectivity index (χ0) is 14.1. The van der Waals surface area contributed by atoms with Gasteiger partial charge < -0.3 is 16.4 Å². The van der Waals surface area contributed by atoms with Crippen molar-refractivity contribution in [1.82, 2.24) is 15.6 Å². The van der Waals surface area contributed by atoms with E-state index >= 15 is 0 Å². The lowest BCUT2D eigenvalue weighted by Crippen LogP contribution is -2.47. The number of nitrogens with one attached hydrogen (secondary N) is 2. The Hall–Kier alpha value is -2.15. The van der Waals surface area contributed by atoms with Crippen LogP contribution in [0.2, 0.25) is 0 Å².